The Kier molecular flexibility index (Phi) is 3.04. The lowest BCUT2D eigenvalue weighted by Crippen LogP contribution is -2.34. The van der Waals surface area contributed by atoms with Crippen LogP contribution in [0.15, 0.2) is 24.3 Å². The lowest BCUT2D eigenvalue weighted by Gasteiger charge is -2.30. The van der Waals surface area contributed by atoms with Crippen LogP contribution in [0.2, 0.25) is 0 Å². The Bertz CT molecular complexity index is 286. The van der Waals surface area contributed by atoms with Crippen LogP contribution in [0.25, 0.3) is 0 Å². The molecule has 0 aliphatic rings. The Labute approximate surface area is 85.5 Å². The summed E-state index contributed by atoms with van der Waals surface area (Å²) >= 11 is 0. The van der Waals surface area contributed by atoms with Crippen molar-refractivity contribution in [2.75, 3.05) is 0 Å². The summed E-state index contributed by atoms with van der Waals surface area (Å²) in [6, 6.07) is 6.82. The molecule has 14 heavy (non-hydrogen) atoms. The van der Waals surface area contributed by atoms with Gasteiger partial charge in [-0.15, -0.1) is 0 Å². The van der Waals surface area contributed by atoms with Crippen LogP contribution < -0.4 is 4.74 Å². The number of aromatic hydroxyl groups is 1. The van der Waals surface area contributed by atoms with Crippen molar-refractivity contribution in [2.45, 2.75) is 33.3 Å². The van der Waals surface area contributed by atoms with Crippen molar-refractivity contribution < 1.29 is 9.84 Å². The largest absolute Gasteiger partial charge is 0.508 e. The summed E-state index contributed by atoms with van der Waals surface area (Å²) in [6.07, 6.45) is 0. The number of phenols is 1. The number of hydrogen-bond donors (Lipinski definition) is 1. The average molecular weight is 194 g/mol. The highest BCUT2D eigenvalue weighted by Gasteiger charge is 2.24. The highest BCUT2D eigenvalue weighted by atomic mass is 16.5. The predicted octanol–water partition coefficient (Wildman–Crippen LogP) is 3.21. The van der Waals surface area contributed by atoms with Crippen LogP contribution in [0, 0.1) is 5.92 Å². The standard InChI is InChI=1S/C12H18O2/c1-9(2)12(3,4)14-11-7-5-10(13)6-8-11/h5-9,13H,1-4H3. The van der Waals surface area contributed by atoms with Gasteiger partial charge in [0.2, 0.25) is 0 Å². The monoisotopic (exact) mass is 194 g/mol. The van der Waals surface area contributed by atoms with Crippen LogP contribution in [0.4, 0.5) is 0 Å². The Morgan fingerprint density at radius 1 is 1.14 bits per heavy atom. The molecule has 0 radical (unpaired) electrons. The van der Waals surface area contributed by atoms with E-state index in [9.17, 15) is 0 Å². The van der Waals surface area contributed by atoms with Gasteiger partial charge in [-0.3, -0.25) is 0 Å². The van der Waals surface area contributed by atoms with Crippen molar-refractivity contribution in [3.8, 4) is 11.5 Å². The first-order valence-corrected chi connectivity index (χ1v) is 4.90. The van der Waals surface area contributed by atoms with Crippen molar-refractivity contribution >= 4 is 0 Å². The van der Waals surface area contributed by atoms with Crippen molar-refractivity contribution in [1.82, 2.24) is 0 Å². The highest BCUT2D eigenvalue weighted by Crippen LogP contribution is 2.25. The second-order valence-electron chi connectivity index (χ2n) is 4.35. The van der Waals surface area contributed by atoms with Crippen molar-refractivity contribution in [2.24, 2.45) is 5.92 Å². The van der Waals surface area contributed by atoms with E-state index in [4.69, 9.17) is 9.84 Å². The molecular weight excluding hydrogens is 176 g/mol. The van der Waals surface area contributed by atoms with Crippen LogP contribution in [0.1, 0.15) is 27.7 Å². The fourth-order valence-corrected chi connectivity index (χ4v) is 0.936. The summed E-state index contributed by atoms with van der Waals surface area (Å²) in [5.41, 5.74) is -0.184. The molecule has 0 bridgehead atoms. The summed E-state index contributed by atoms with van der Waals surface area (Å²) in [5.74, 6) is 1.50. The average Bonchev–Trinajstić information content (AvgIpc) is 2.08. The van der Waals surface area contributed by atoms with Crippen LogP contribution in [0.3, 0.4) is 0 Å². The zero-order chi connectivity index (χ0) is 10.8. The first kappa shape index (κ1) is 10.9. The molecule has 0 heterocycles. The third-order valence-electron chi connectivity index (χ3n) is 2.61. The molecule has 1 N–H and O–H groups in total. The fraction of sp³-hybridized carbons (Fsp3) is 0.500. The Balaban J connectivity index is 2.74. The number of benzene rings is 1. The van der Waals surface area contributed by atoms with E-state index < -0.39 is 0 Å². The third-order valence-corrected chi connectivity index (χ3v) is 2.61. The first-order valence-electron chi connectivity index (χ1n) is 4.90. The second kappa shape index (κ2) is 3.91. The van der Waals surface area contributed by atoms with E-state index in [0.29, 0.717) is 5.92 Å². The molecule has 2 nitrogen and oxygen atoms in total. The SMILES string of the molecule is CC(C)C(C)(C)Oc1ccc(O)cc1. The van der Waals surface area contributed by atoms with Crippen LogP contribution in [-0.4, -0.2) is 10.7 Å². The quantitative estimate of drug-likeness (QED) is 0.800. The van der Waals surface area contributed by atoms with E-state index in [-0.39, 0.29) is 11.4 Å². The molecule has 0 saturated carbocycles. The summed E-state index contributed by atoms with van der Waals surface area (Å²) in [7, 11) is 0. The molecule has 1 aromatic rings. The first-order chi connectivity index (χ1) is 6.42. The van der Waals surface area contributed by atoms with Gasteiger partial charge >= 0.3 is 0 Å². The molecule has 0 saturated heterocycles. The molecule has 0 unspecified atom stereocenters. The lowest BCUT2D eigenvalue weighted by atomic mass is 9.94. The van der Waals surface area contributed by atoms with Crippen LogP contribution in [0.5, 0.6) is 11.5 Å². The molecule has 0 aliphatic heterocycles. The van der Waals surface area contributed by atoms with Gasteiger partial charge in [-0.05, 0) is 44.0 Å². The molecule has 1 rings (SSSR count). The molecule has 0 atom stereocenters. The maximum absolute atomic E-state index is 9.11. The van der Waals surface area contributed by atoms with Gasteiger partial charge in [-0.25, -0.2) is 0 Å². The Morgan fingerprint density at radius 2 is 1.64 bits per heavy atom. The van der Waals surface area contributed by atoms with Gasteiger partial charge in [0.15, 0.2) is 0 Å². The Hall–Kier alpha value is -1.18. The molecule has 0 aliphatic carbocycles. The van der Waals surface area contributed by atoms with Gasteiger partial charge in [-0.1, -0.05) is 13.8 Å². The normalized spacial score (nSPS) is 11.8. The van der Waals surface area contributed by atoms with Gasteiger partial charge < -0.3 is 9.84 Å². The summed E-state index contributed by atoms with van der Waals surface area (Å²) in [5, 5.41) is 9.11. The summed E-state index contributed by atoms with van der Waals surface area (Å²) < 4.78 is 5.81. The molecule has 1 aromatic carbocycles. The maximum atomic E-state index is 9.11. The van der Waals surface area contributed by atoms with Crippen molar-refractivity contribution in [3.63, 3.8) is 0 Å². The van der Waals surface area contributed by atoms with E-state index in [1.807, 2.05) is 0 Å². The zero-order valence-electron chi connectivity index (χ0n) is 9.24. The molecule has 0 aromatic heterocycles. The molecular formula is C12H18O2. The van der Waals surface area contributed by atoms with Crippen molar-refractivity contribution in [3.05, 3.63) is 24.3 Å². The molecule has 0 fully saturated rings. The van der Waals surface area contributed by atoms with Gasteiger partial charge in [-0.2, -0.15) is 0 Å². The van der Waals surface area contributed by atoms with E-state index in [1.54, 1.807) is 24.3 Å². The van der Waals surface area contributed by atoms with Gasteiger partial charge in [0.05, 0.1) is 0 Å². The summed E-state index contributed by atoms with van der Waals surface area (Å²) in [6.45, 7) is 8.37. The minimum absolute atomic E-state index is 0.184. The number of ether oxygens (including phenoxy) is 1. The molecule has 2 heteroatoms. The lowest BCUT2D eigenvalue weighted by molar-refractivity contribution is 0.0599. The van der Waals surface area contributed by atoms with Crippen LogP contribution >= 0.6 is 0 Å². The van der Waals surface area contributed by atoms with Crippen molar-refractivity contribution in [1.29, 1.82) is 0 Å². The predicted molar refractivity (Wildman–Crippen MR) is 57.7 cm³/mol. The van der Waals surface area contributed by atoms with Gasteiger partial charge in [0.25, 0.3) is 0 Å². The fourth-order valence-electron chi connectivity index (χ4n) is 0.936. The minimum atomic E-state index is -0.184. The smallest absolute Gasteiger partial charge is 0.120 e. The number of hydrogen-bond acceptors (Lipinski definition) is 2. The van der Waals surface area contributed by atoms with Crippen LogP contribution in [-0.2, 0) is 0 Å². The Morgan fingerprint density at radius 3 is 2.07 bits per heavy atom. The minimum Gasteiger partial charge on any atom is -0.508 e. The third kappa shape index (κ3) is 2.66. The zero-order valence-corrected chi connectivity index (χ0v) is 9.24. The highest BCUT2D eigenvalue weighted by molar-refractivity contribution is 5.30. The number of rotatable bonds is 3. The van der Waals surface area contributed by atoms with Gasteiger partial charge in [0.1, 0.15) is 17.1 Å². The molecule has 78 valence electrons. The second-order valence-corrected chi connectivity index (χ2v) is 4.35. The topological polar surface area (TPSA) is 29.5 Å². The molecule has 0 amide bonds. The van der Waals surface area contributed by atoms with Gasteiger partial charge in [0, 0.05) is 0 Å². The van der Waals surface area contributed by atoms with E-state index in [0.717, 1.165) is 5.75 Å². The van der Waals surface area contributed by atoms with E-state index >= 15 is 0 Å². The maximum Gasteiger partial charge on any atom is 0.120 e. The molecule has 0 spiro atoms. The summed E-state index contributed by atoms with van der Waals surface area (Å²) in [4.78, 5) is 0. The van der Waals surface area contributed by atoms with E-state index in [1.165, 1.54) is 0 Å². The number of phenolic OH excluding ortho intramolecular Hbond substituents is 1. The van der Waals surface area contributed by atoms with E-state index in [2.05, 4.69) is 27.7 Å².